The number of hydrogen-bond donors (Lipinski definition) is 1. The largest absolute Gasteiger partial charge is 0.465 e. The summed E-state index contributed by atoms with van der Waals surface area (Å²) in [6, 6.07) is 2.30. The third-order valence-corrected chi connectivity index (χ3v) is 3.86. The second kappa shape index (κ2) is 6.62. The standard InChI is InChI=1S/C14H14F2N2O2S/c1-3-9(13-17-6-7-21-13)18-10-5-4-8(14(19)20-2)11(15)12(10)16/h4-7,9,18H,3H2,1-2H3. The van der Waals surface area contributed by atoms with Crippen molar-refractivity contribution < 1.29 is 18.3 Å². The molecule has 0 radical (unpaired) electrons. The van der Waals surface area contributed by atoms with Gasteiger partial charge in [0.05, 0.1) is 24.4 Å². The molecule has 0 aliphatic rings. The molecule has 7 heteroatoms. The Morgan fingerprint density at radius 1 is 1.43 bits per heavy atom. The van der Waals surface area contributed by atoms with Crippen molar-refractivity contribution >= 4 is 23.0 Å². The second-order valence-electron chi connectivity index (χ2n) is 4.26. The molecule has 0 bridgehead atoms. The van der Waals surface area contributed by atoms with E-state index in [0.717, 1.165) is 12.1 Å². The SMILES string of the molecule is CCC(Nc1ccc(C(=O)OC)c(F)c1F)c1nccs1. The van der Waals surface area contributed by atoms with Crippen LogP contribution in [0.15, 0.2) is 23.7 Å². The molecule has 1 atom stereocenters. The second-order valence-corrected chi connectivity index (χ2v) is 5.18. The Morgan fingerprint density at radius 3 is 2.76 bits per heavy atom. The minimum absolute atomic E-state index is 0.0118. The molecule has 1 N–H and O–H groups in total. The summed E-state index contributed by atoms with van der Waals surface area (Å²) in [7, 11) is 1.11. The molecule has 2 aromatic rings. The van der Waals surface area contributed by atoms with Gasteiger partial charge in [-0.15, -0.1) is 11.3 Å². The number of rotatable bonds is 5. The Morgan fingerprint density at radius 2 is 2.19 bits per heavy atom. The third kappa shape index (κ3) is 3.18. The number of benzene rings is 1. The molecule has 0 amide bonds. The molecule has 112 valence electrons. The van der Waals surface area contributed by atoms with Crippen molar-refractivity contribution in [2.45, 2.75) is 19.4 Å². The lowest BCUT2D eigenvalue weighted by Gasteiger charge is -2.17. The van der Waals surface area contributed by atoms with E-state index in [2.05, 4.69) is 15.0 Å². The van der Waals surface area contributed by atoms with Crippen molar-refractivity contribution in [3.05, 3.63) is 45.9 Å². The molecule has 0 aliphatic heterocycles. The molecule has 0 spiro atoms. The van der Waals surface area contributed by atoms with Gasteiger partial charge in [-0.1, -0.05) is 6.92 Å². The summed E-state index contributed by atoms with van der Waals surface area (Å²) >= 11 is 1.43. The van der Waals surface area contributed by atoms with Gasteiger partial charge in [-0.2, -0.15) is 0 Å². The van der Waals surface area contributed by atoms with Gasteiger partial charge < -0.3 is 10.1 Å². The molecule has 1 aromatic carbocycles. The summed E-state index contributed by atoms with van der Waals surface area (Å²) in [5, 5.41) is 5.51. The number of hydrogen-bond acceptors (Lipinski definition) is 5. The summed E-state index contributed by atoms with van der Waals surface area (Å²) in [6.07, 6.45) is 2.31. The predicted molar refractivity (Wildman–Crippen MR) is 76.5 cm³/mol. The van der Waals surface area contributed by atoms with Crippen molar-refractivity contribution in [2.24, 2.45) is 0 Å². The first-order chi connectivity index (χ1) is 10.1. The number of carbonyl (C=O) groups excluding carboxylic acids is 1. The first-order valence-electron chi connectivity index (χ1n) is 6.30. The summed E-state index contributed by atoms with van der Waals surface area (Å²) < 4.78 is 32.3. The molecule has 1 unspecified atom stereocenters. The molecule has 0 aliphatic carbocycles. The van der Waals surface area contributed by atoms with Crippen LogP contribution in [0.25, 0.3) is 0 Å². The van der Waals surface area contributed by atoms with E-state index in [0.29, 0.717) is 6.42 Å². The first kappa shape index (κ1) is 15.4. The Kier molecular flexibility index (Phi) is 4.85. The van der Waals surface area contributed by atoms with E-state index < -0.39 is 23.2 Å². The number of nitrogens with one attached hydrogen (secondary N) is 1. The topological polar surface area (TPSA) is 51.2 Å². The van der Waals surface area contributed by atoms with E-state index in [1.54, 1.807) is 6.20 Å². The maximum Gasteiger partial charge on any atom is 0.340 e. The van der Waals surface area contributed by atoms with Gasteiger partial charge in [0.2, 0.25) is 0 Å². The van der Waals surface area contributed by atoms with Gasteiger partial charge in [0.15, 0.2) is 11.6 Å². The van der Waals surface area contributed by atoms with Crippen LogP contribution >= 0.6 is 11.3 Å². The molecule has 21 heavy (non-hydrogen) atoms. The molecule has 1 aromatic heterocycles. The van der Waals surface area contributed by atoms with Gasteiger partial charge in [-0.25, -0.2) is 18.6 Å². The number of ether oxygens (including phenoxy) is 1. The smallest absolute Gasteiger partial charge is 0.340 e. The highest BCUT2D eigenvalue weighted by molar-refractivity contribution is 7.09. The molecule has 0 saturated carbocycles. The summed E-state index contributed by atoms with van der Waals surface area (Å²) in [4.78, 5) is 15.5. The highest BCUT2D eigenvalue weighted by Gasteiger charge is 2.21. The highest BCUT2D eigenvalue weighted by atomic mass is 32.1. The van der Waals surface area contributed by atoms with Crippen LogP contribution in [-0.4, -0.2) is 18.1 Å². The maximum atomic E-state index is 14.0. The van der Waals surface area contributed by atoms with Crippen molar-refractivity contribution in [2.75, 3.05) is 12.4 Å². The molecule has 0 fully saturated rings. The van der Waals surface area contributed by atoms with Crippen LogP contribution in [-0.2, 0) is 4.74 Å². The number of carbonyl (C=O) groups is 1. The fraction of sp³-hybridized carbons (Fsp3) is 0.286. The van der Waals surface area contributed by atoms with Gasteiger partial charge in [-0.05, 0) is 18.6 Å². The molecule has 1 heterocycles. The van der Waals surface area contributed by atoms with Gasteiger partial charge in [0.1, 0.15) is 5.01 Å². The number of halogens is 2. The number of aromatic nitrogens is 1. The Balaban J connectivity index is 2.29. The number of methoxy groups -OCH3 is 1. The van der Waals surface area contributed by atoms with E-state index in [1.807, 2.05) is 12.3 Å². The van der Waals surface area contributed by atoms with Crippen molar-refractivity contribution in [1.82, 2.24) is 4.98 Å². The van der Waals surface area contributed by atoms with E-state index >= 15 is 0 Å². The van der Waals surface area contributed by atoms with Crippen LogP contribution < -0.4 is 5.32 Å². The number of anilines is 1. The lowest BCUT2D eigenvalue weighted by molar-refractivity contribution is 0.0594. The van der Waals surface area contributed by atoms with Crippen LogP contribution in [0.3, 0.4) is 0 Å². The number of thiazole rings is 1. The van der Waals surface area contributed by atoms with Gasteiger partial charge >= 0.3 is 5.97 Å². The zero-order valence-corrected chi connectivity index (χ0v) is 12.3. The first-order valence-corrected chi connectivity index (χ1v) is 7.18. The zero-order chi connectivity index (χ0) is 15.4. The summed E-state index contributed by atoms with van der Waals surface area (Å²) in [5.74, 6) is -3.24. The minimum Gasteiger partial charge on any atom is -0.465 e. The molecular formula is C14H14F2N2O2S. The lowest BCUT2D eigenvalue weighted by atomic mass is 10.1. The normalized spacial score (nSPS) is 12.0. The van der Waals surface area contributed by atoms with E-state index in [-0.39, 0.29) is 11.7 Å². The highest BCUT2D eigenvalue weighted by Crippen LogP contribution is 2.28. The molecule has 0 saturated heterocycles. The summed E-state index contributed by atoms with van der Waals surface area (Å²) in [6.45, 7) is 1.91. The van der Waals surface area contributed by atoms with Crippen LogP contribution in [0.4, 0.5) is 14.5 Å². The maximum absolute atomic E-state index is 14.0. The van der Waals surface area contributed by atoms with Crippen LogP contribution in [0.1, 0.15) is 34.8 Å². The Labute approximate surface area is 124 Å². The predicted octanol–water partition coefficient (Wildman–Crippen LogP) is 3.77. The van der Waals surface area contributed by atoms with E-state index in [4.69, 9.17) is 0 Å². The van der Waals surface area contributed by atoms with Crippen LogP contribution in [0, 0.1) is 11.6 Å². The van der Waals surface area contributed by atoms with Crippen LogP contribution in [0.5, 0.6) is 0 Å². The van der Waals surface area contributed by atoms with Crippen molar-refractivity contribution in [3.63, 3.8) is 0 Å². The van der Waals surface area contributed by atoms with Gasteiger partial charge in [0, 0.05) is 11.6 Å². The monoisotopic (exact) mass is 312 g/mol. The lowest BCUT2D eigenvalue weighted by Crippen LogP contribution is -2.13. The van der Waals surface area contributed by atoms with Crippen LogP contribution in [0.2, 0.25) is 0 Å². The molecule has 4 nitrogen and oxygen atoms in total. The fourth-order valence-electron chi connectivity index (χ4n) is 1.86. The average Bonchev–Trinajstić information content (AvgIpc) is 3.02. The van der Waals surface area contributed by atoms with Gasteiger partial charge in [-0.3, -0.25) is 0 Å². The Bertz CT molecular complexity index is 632. The van der Waals surface area contributed by atoms with E-state index in [9.17, 15) is 13.6 Å². The average molecular weight is 312 g/mol. The quantitative estimate of drug-likeness (QED) is 0.854. The number of esters is 1. The Hall–Kier alpha value is -2.02. The number of nitrogens with zero attached hydrogens (tertiary/aromatic N) is 1. The van der Waals surface area contributed by atoms with Crippen molar-refractivity contribution in [3.8, 4) is 0 Å². The zero-order valence-electron chi connectivity index (χ0n) is 11.5. The third-order valence-electron chi connectivity index (χ3n) is 2.98. The molecule has 2 rings (SSSR count). The van der Waals surface area contributed by atoms with E-state index in [1.165, 1.54) is 23.5 Å². The summed E-state index contributed by atoms with van der Waals surface area (Å²) in [5.41, 5.74) is -0.440. The minimum atomic E-state index is -1.22. The van der Waals surface area contributed by atoms with Crippen molar-refractivity contribution in [1.29, 1.82) is 0 Å². The molecular weight excluding hydrogens is 298 g/mol. The van der Waals surface area contributed by atoms with Gasteiger partial charge in [0.25, 0.3) is 0 Å². The fourth-order valence-corrected chi connectivity index (χ4v) is 2.63.